The molecule has 1 unspecified atom stereocenters. The molecule has 27 heavy (non-hydrogen) atoms. The fourth-order valence-electron chi connectivity index (χ4n) is 2.93. The number of carbonyl (C=O) groups is 2. The van der Waals surface area contributed by atoms with Crippen LogP contribution in [0, 0.1) is 17.2 Å². The number of unbranched alkanes of at least 4 members (excludes halogenated alkanes) is 1. The van der Waals surface area contributed by atoms with Crippen molar-refractivity contribution < 1.29 is 14.3 Å². The molecule has 2 aromatic rings. The van der Waals surface area contributed by atoms with Gasteiger partial charge >= 0.3 is 5.97 Å². The summed E-state index contributed by atoms with van der Waals surface area (Å²) in [5.74, 6) is -1.24. The molecule has 0 aliphatic rings. The van der Waals surface area contributed by atoms with Crippen molar-refractivity contribution in [1.29, 1.82) is 5.26 Å². The van der Waals surface area contributed by atoms with Crippen molar-refractivity contribution >= 4 is 11.8 Å². The Kier molecular flexibility index (Phi) is 7.76. The molecule has 0 fully saturated rings. The molecule has 0 saturated heterocycles. The van der Waals surface area contributed by atoms with E-state index < -0.39 is 11.9 Å². The predicted octanol–water partition coefficient (Wildman–Crippen LogP) is 4.71. The van der Waals surface area contributed by atoms with Crippen LogP contribution in [0.25, 0.3) is 11.1 Å². The van der Waals surface area contributed by atoms with Gasteiger partial charge in [-0.05, 0) is 48.6 Å². The minimum atomic E-state index is -0.746. The highest BCUT2D eigenvalue weighted by Crippen LogP contribution is 2.22. The molecule has 1 atom stereocenters. The average molecular weight is 363 g/mol. The second kappa shape index (κ2) is 10.3. The Balaban J connectivity index is 2.16. The van der Waals surface area contributed by atoms with E-state index in [1.165, 1.54) is 0 Å². The lowest BCUT2D eigenvalue weighted by Gasteiger charge is -2.15. The summed E-state index contributed by atoms with van der Waals surface area (Å²) in [5, 5.41) is 9.04. The summed E-state index contributed by atoms with van der Waals surface area (Å²) >= 11 is 0. The van der Waals surface area contributed by atoms with Gasteiger partial charge in [0.25, 0.3) is 0 Å². The first-order chi connectivity index (χ1) is 13.1. The number of nitriles is 1. The largest absolute Gasteiger partial charge is 0.465 e. The zero-order valence-electron chi connectivity index (χ0n) is 15.9. The molecule has 0 aliphatic carbocycles. The van der Waals surface area contributed by atoms with E-state index in [1.54, 1.807) is 13.0 Å². The van der Waals surface area contributed by atoms with Crippen molar-refractivity contribution in [2.24, 2.45) is 5.92 Å². The van der Waals surface area contributed by atoms with E-state index in [0.29, 0.717) is 18.4 Å². The van der Waals surface area contributed by atoms with Crippen LogP contribution in [0.15, 0.2) is 48.5 Å². The maximum Gasteiger partial charge on any atom is 0.316 e. The summed E-state index contributed by atoms with van der Waals surface area (Å²) in [6, 6.07) is 17.3. The number of esters is 1. The number of ether oxygens (including phenoxy) is 1. The SMILES string of the molecule is CCCCC(=O)C(Cc1ccc(-c2cccc(C#N)c2)cc1)C(=O)OCC. The zero-order chi connectivity index (χ0) is 19.6. The maximum absolute atomic E-state index is 12.5. The van der Waals surface area contributed by atoms with Crippen LogP contribution in [0.4, 0.5) is 0 Å². The van der Waals surface area contributed by atoms with E-state index in [2.05, 4.69) is 6.07 Å². The van der Waals surface area contributed by atoms with Crippen LogP contribution in [-0.2, 0) is 20.7 Å². The van der Waals surface area contributed by atoms with Gasteiger partial charge in [-0.25, -0.2) is 0 Å². The Morgan fingerprint density at radius 3 is 2.44 bits per heavy atom. The van der Waals surface area contributed by atoms with Crippen LogP contribution >= 0.6 is 0 Å². The Labute approximate surface area is 160 Å². The number of carbonyl (C=O) groups excluding carboxylic acids is 2. The molecule has 2 rings (SSSR count). The number of nitrogens with zero attached hydrogens (tertiary/aromatic N) is 1. The molecule has 0 saturated carbocycles. The van der Waals surface area contributed by atoms with Gasteiger partial charge < -0.3 is 4.74 Å². The van der Waals surface area contributed by atoms with Gasteiger partial charge in [0.05, 0.1) is 18.2 Å². The molecular formula is C23H25NO3. The Morgan fingerprint density at radius 2 is 1.81 bits per heavy atom. The molecular weight excluding hydrogens is 338 g/mol. The van der Waals surface area contributed by atoms with Gasteiger partial charge in [0.2, 0.25) is 0 Å². The third-order valence-corrected chi connectivity index (χ3v) is 4.46. The Hall–Kier alpha value is -2.93. The van der Waals surface area contributed by atoms with Crippen LogP contribution in [-0.4, -0.2) is 18.4 Å². The van der Waals surface area contributed by atoms with E-state index >= 15 is 0 Å². The molecule has 4 nitrogen and oxygen atoms in total. The molecule has 0 aromatic heterocycles. The topological polar surface area (TPSA) is 67.2 Å². The quantitative estimate of drug-likeness (QED) is 0.478. The summed E-state index contributed by atoms with van der Waals surface area (Å²) in [7, 11) is 0. The highest BCUT2D eigenvalue weighted by Gasteiger charge is 2.27. The monoisotopic (exact) mass is 363 g/mol. The average Bonchev–Trinajstić information content (AvgIpc) is 2.70. The fraction of sp³-hybridized carbons (Fsp3) is 0.348. The van der Waals surface area contributed by atoms with Crippen molar-refractivity contribution in [2.75, 3.05) is 6.61 Å². The van der Waals surface area contributed by atoms with E-state index in [0.717, 1.165) is 29.5 Å². The lowest BCUT2D eigenvalue weighted by molar-refractivity contribution is -0.151. The molecule has 140 valence electrons. The normalized spacial score (nSPS) is 11.4. The van der Waals surface area contributed by atoms with Crippen LogP contribution in [0.3, 0.4) is 0 Å². The summed E-state index contributed by atoms with van der Waals surface area (Å²) in [4.78, 5) is 24.7. The molecule has 2 aromatic carbocycles. The summed E-state index contributed by atoms with van der Waals surface area (Å²) in [6.45, 7) is 4.03. The maximum atomic E-state index is 12.5. The molecule has 4 heteroatoms. The van der Waals surface area contributed by atoms with Crippen LogP contribution in [0.1, 0.15) is 44.2 Å². The van der Waals surface area contributed by atoms with E-state index in [-0.39, 0.29) is 12.4 Å². The van der Waals surface area contributed by atoms with E-state index in [9.17, 15) is 9.59 Å². The molecule has 0 spiro atoms. The highest BCUT2D eigenvalue weighted by molar-refractivity contribution is 5.99. The van der Waals surface area contributed by atoms with Crippen molar-refractivity contribution in [3.05, 3.63) is 59.7 Å². The molecule has 0 heterocycles. The van der Waals surface area contributed by atoms with Crippen molar-refractivity contribution in [3.63, 3.8) is 0 Å². The lowest BCUT2D eigenvalue weighted by atomic mass is 9.91. The molecule has 0 N–H and O–H groups in total. The molecule has 0 amide bonds. The van der Waals surface area contributed by atoms with E-state index in [4.69, 9.17) is 10.00 Å². The fourth-order valence-corrected chi connectivity index (χ4v) is 2.93. The van der Waals surface area contributed by atoms with Crippen LogP contribution < -0.4 is 0 Å². The van der Waals surface area contributed by atoms with E-state index in [1.807, 2.05) is 49.4 Å². The number of hydrogen-bond acceptors (Lipinski definition) is 4. The first-order valence-corrected chi connectivity index (χ1v) is 9.37. The molecule has 0 radical (unpaired) electrons. The molecule has 0 bridgehead atoms. The third kappa shape index (κ3) is 5.79. The van der Waals surface area contributed by atoms with Crippen molar-refractivity contribution in [2.45, 2.75) is 39.5 Å². The second-order valence-electron chi connectivity index (χ2n) is 6.47. The Morgan fingerprint density at radius 1 is 1.07 bits per heavy atom. The minimum absolute atomic E-state index is 0.0545. The summed E-state index contributed by atoms with van der Waals surface area (Å²) in [5.41, 5.74) is 3.47. The predicted molar refractivity (Wildman–Crippen MR) is 105 cm³/mol. The lowest BCUT2D eigenvalue weighted by Crippen LogP contribution is -2.28. The van der Waals surface area contributed by atoms with Gasteiger partial charge in [0.15, 0.2) is 0 Å². The van der Waals surface area contributed by atoms with Crippen molar-refractivity contribution in [1.82, 2.24) is 0 Å². The summed E-state index contributed by atoms with van der Waals surface area (Å²) in [6.07, 6.45) is 2.44. The van der Waals surface area contributed by atoms with Gasteiger partial charge in [-0.1, -0.05) is 49.7 Å². The number of hydrogen-bond donors (Lipinski definition) is 0. The van der Waals surface area contributed by atoms with Crippen molar-refractivity contribution in [3.8, 4) is 17.2 Å². The number of ketones is 1. The first-order valence-electron chi connectivity index (χ1n) is 9.37. The number of Topliss-reactive ketones (excluding diaryl/α,β-unsaturated/α-hetero) is 1. The summed E-state index contributed by atoms with van der Waals surface area (Å²) < 4.78 is 5.11. The van der Waals surface area contributed by atoms with Gasteiger partial charge in [-0.3, -0.25) is 9.59 Å². The van der Waals surface area contributed by atoms with Gasteiger partial charge in [0.1, 0.15) is 11.7 Å². The second-order valence-corrected chi connectivity index (χ2v) is 6.47. The number of rotatable bonds is 9. The van der Waals surface area contributed by atoms with Crippen LogP contribution in [0.2, 0.25) is 0 Å². The third-order valence-electron chi connectivity index (χ3n) is 4.46. The molecule has 0 aliphatic heterocycles. The number of benzene rings is 2. The van der Waals surface area contributed by atoms with Gasteiger partial charge in [-0.2, -0.15) is 5.26 Å². The van der Waals surface area contributed by atoms with Gasteiger partial charge in [-0.15, -0.1) is 0 Å². The first kappa shape index (κ1) is 20.4. The smallest absolute Gasteiger partial charge is 0.316 e. The zero-order valence-corrected chi connectivity index (χ0v) is 15.9. The minimum Gasteiger partial charge on any atom is -0.465 e. The highest BCUT2D eigenvalue weighted by atomic mass is 16.5. The van der Waals surface area contributed by atoms with Crippen LogP contribution in [0.5, 0.6) is 0 Å². The Bertz CT molecular complexity index is 818. The van der Waals surface area contributed by atoms with Gasteiger partial charge in [0, 0.05) is 6.42 Å². The standard InChI is InChI=1S/C23H25NO3/c1-3-5-9-22(25)21(23(26)27-4-2)15-17-10-12-19(13-11-17)20-8-6-7-18(14-20)16-24/h6-8,10-14,21H,3-5,9,15H2,1-2H3.